The van der Waals surface area contributed by atoms with E-state index >= 15 is 0 Å². The van der Waals surface area contributed by atoms with Gasteiger partial charge in [-0.25, -0.2) is 4.79 Å². The molecule has 0 aromatic heterocycles. The molecule has 1 aliphatic rings. The summed E-state index contributed by atoms with van der Waals surface area (Å²) in [5.74, 6) is -4.81. The van der Waals surface area contributed by atoms with Crippen molar-refractivity contribution in [3.8, 4) is 51.7 Å². The van der Waals surface area contributed by atoms with Crippen LogP contribution in [0.5, 0.6) is 51.7 Å². The average Bonchev–Trinajstić information content (AvgIpc) is 2.76. The summed E-state index contributed by atoms with van der Waals surface area (Å²) in [6.07, 6.45) is -2.36. The molecule has 0 saturated carbocycles. The highest BCUT2D eigenvalue weighted by Gasteiger charge is 2.37. The summed E-state index contributed by atoms with van der Waals surface area (Å²) in [7, 11) is 1.25. The van der Waals surface area contributed by atoms with Gasteiger partial charge in [0.15, 0.2) is 34.9 Å². The van der Waals surface area contributed by atoms with Crippen molar-refractivity contribution in [2.24, 2.45) is 0 Å². The van der Waals surface area contributed by atoms with E-state index in [1.54, 1.807) is 0 Å². The smallest absolute Gasteiger partial charge is 0.338 e. The van der Waals surface area contributed by atoms with E-state index in [9.17, 15) is 40.5 Å². The van der Waals surface area contributed by atoms with Crippen molar-refractivity contribution in [2.45, 2.75) is 18.6 Å². The van der Waals surface area contributed by atoms with Crippen molar-refractivity contribution in [2.75, 3.05) is 7.11 Å². The summed E-state index contributed by atoms with van der Waals surface area (Å²) in [5, 5.41) is 69.4. The van der Waals surface area contributed by atoms with Gasteiger partial charge in [-0.1, -0.05) is 0 Å². The second-order valence-corrected chi connectivity index (χ2v) is 7.58. The normalized spacial score (nSPS) is 16.9. The Kier molecular flexibility index (Phi) is 5.53. The lowest BCUT2D eigenvalue weighted by molar-refractivity contribution is -0.0189. The minimum absolute atomic E-state index is 0.0875. The number of benzene rings is 3. The molecule has 11 heteroatoms. The molecule has 0 saturated heterocycles. The van der Waals surface area contributed by atoms with Crippen LogP contribution < -0.4 is 9.47 Å². The van der Waals surface area contributed by atoms with Gasteiger partial charge in [0.25, 0.3) is 0 Å². The van der Waals surface area contributed by atoms with Crippen LogP contribution in [0, 0.1) is 0 Å². The van der Waals surface area contributed by atoms with Crippen molar-refractivity contribution in [3.63, 3.8) is 0 Å². The SMILES string of the molecule is COc1c(O)cc([C@H]2Oc3cc(O)cc(O)c3C[C@H]2OC(=O)c2cc(O)c(O)c(O)c2)cc1O. The number of hydrogen-bond donors (Lipinski definition) is 7. The number of hydrogen-bond acceptors (Lipinski definition) is 11. The van der Waals surface area contributed by atoms with E-state index in [0.717, 1.165) is 18.2 Å². The summed E-state index contributed by atoms with van der Waals surface area (Å²) in [6, 6.07) is 6.59. The summed E-state index contributed by atoms with van der Waals surface area (Å²) in [4.78, 5) is 12.8. The van der Waals surface area contributed by atoms with Crippen LogP contribution in [0.4, 0.5) is 0 Å². The molecule has 0 amide bonds. The van der Waals surface area contributed by atoms with Crippen molar-refractivity contribution >= 4 is 5.97 Å². The van der Waals surface area contributed by atoms with E-state index in [0.29, 0.717) is 0 Å². The average molecular weight is 472 g/mol. The van der Waals surface area contributed by atoms with Gasteiger partial charge in [0, 0.05) is 29.7 Å². The number of esters is 1. The van der Waals surface area contributed by atoms with Crippen LogP contribution in [0.15, 0.2) is 36.4 Å². The summed E-state index contributed by atoms with van der Waals surface area (Å²) in [5.41, 5.74) is 0.122. The van der Waals surface area contributed by atoms with E-state index in [1.807, 2.05) is 0 Å². The number of aromatic hydroxyl groups is 7. The van der Waals surface area contributed by atoms with E-state index in [4.69, 9.17) is 14.2 Å². The van der Waals surface area contributed by atoms with Gasteiger partial charge in [-0.05, 0) is 24.3 Å². The molecular formula is C23H20O11. The third kappa shape index (κ3) is 3.94. The highest BCUT2D eigenvalue weighted by molar-refractivity contribution is 5.91. The zero-order valence-electron chi connectivity index (χ0n) is 17.6. The van der Waals surface area contributed by atoms with E-state index < -0.39 is 46.9 Å². The van der Waals surface area contributed by atoms with Crippen LogP contribution in [0.25, 0.3) is 0 Å². The third-order valence-electron chi connectivity index (χ3n) is 5.34. The highest BCUT2D eigenvalue weighted by Crippen LogP contribution is 2.46. The third-order valence-corrected chi connectivity index (χ3v) is 5.34. The first-order chi connectivity index (χ1) is 16.1. The minimum atomic E-state index is -1.14. The molecule has 11 nitrogen and oxygen atoms in total. The van der Waals surface area contributed by atoms with Gasteiger partial charge in [0.1, 0.15) is 23.4 Å². The lowest BCUT2D eigenvalue weighted by Crippen LogP contribution is -2.34. The molecule has 3 aromatic rings. The van der Waals surface area contributed by atoms with E-state index in [1.165, 1.54) is 25.3 Å². The van der Waals surface area contributed by atoms with Gasteiger partial charge >= 0.3 is 5.97 Å². The maximum atomic E-state index is 12.8. The van der Waals surface area contributed by atoms with Gasteiger partial charge in [-0.2, -0.15) is 0 Å². The Hall–Kier alpha value is -4.67. The Morgan fingerprint density at radius 3 is 2.06 bits per heavy atom. The predicted octanol–water partition coefficient (Wildman–Crippen LogP) is 2.54. The summed E-state index contributed by atoms with van der Waals surface area (Å²) < 4.78 is 16.3. The molecule has 2 atom stereocenters. The predicted molar refractivity (Wildman–Crippen MR) is 114 cm³/mol. The van der Waals surface area contributed by atoms with E-state index in [-0.39, 0.29) is 46.1 Å². The maximum absolute atomic E-state index is 12.8. The number of methoxy groups -OCH3 is 1. The van der Waals surface area contributed by atoms with Crippen molar-refractivity contribution in [3.05, 3.63) is 53.1 Å². The summed E-state index contributed by atoms with van der Waals surface area (Å²) in [6.45, 7) is 0. The zero-order chi connectivity index (χ0) is 24.7. The van der Waals surface area contributed by atoms with Gasteiger partial charge in [-0.3, -0.25) is 0 Å². The molecule has 4 rings (SSSR count). The number of fused-ring (bicyclic) bond motifs is 1. The Labute approximate surface area is 191 Å². The van der Waals surface area contributed by atoms with Crippen LogP contribution in [0.1, 0.15) is 27.6 Å². The first-order valence-electron chi connectivity index (χ1n) is 9.86. The fourth-order valence-electron chi connectivity index (χ4n) is 3.75. The number of carbonyl (C=O) groups excluding carboxylic acids is 1. The molecule has 3 aromatic carbocycles. The largest absolute Gasteiger partial charge is 0.508 e. The van der Waals surface area contributed by atoms with Crippen LogP contribution in [0.2, 0.25) is 0 Å². The number of phenolic OH excluding ortho intramolecular Hbond substituents is 7. The molecule has 0 bridgehead atoms. The fraction of sp³-hybridized carbons (Fsp3) is 0.174. The molecule has 0 unspecified atom stereocenters. The second-order valence-electron chi connectivity index (χ2n) is 7.58. The number of ether oxygens (including phenoxy) is 3. The lowest BCUT2D eigenvalue weighted by atomic mass is 9.93. The molecule has 178 valence electrons. The Morgan fingerprint density at radius 2 is 1.47 bits per heavy atom. The number of carbonyl (C=O) groups is 1. The van der Waals surface area contributed by atoms with Crippen LogP contribution >= 0.6 is 0 Å². The quantitative estimate of drug-likeness (QED) is 0.218. The van der Waals surface area contributed by atoms with E-state index in [2.05, 4.69) is 0 Å². The molecule has 0 aliphatic carbocycles. The molecule has 7 N–H and O–H groups in total. The number of rotatable bonds is 4. The second kappa shape index (κ2) is 8.35. The summed E-state index contributed by atoms with van der Waals surface area (Å²) >= 11 is 0. The Balaban J connectivity index is 1.75. The monoisotopic (exact) mass is 472 g/mol. The van der Waals surface area contributed by atoms with Crippen molar-refractivity contribution in [1.82, 2.24) is 0 Å². The standard InChI is InChI=1S/C23H20O11/c1-32-22-16(28)2-9(3-17(22)29)21-19(8-12-13(25)6-11(24)7-18(12)33-21)34-23(31)10-4-14(26)20(30)15(27)5-10/h2-7,19,21,24-30H,8H2,1H3/t19-,21-/m1/s1. The molecule has 34 heavy (non-hydrogen) atoms. The van der Waals surface area contributed by atoms with Crippen molar-refractivity contribution < 1.29 is 54.8 Å². The minimum Gasteiger partial charge on any atom is -0.508 e. The molecule has 0 spiro atoms. The first kappa shape index (κ1) is 22.5. The van der Waals surface area contributed by atoms with Crippen LogP contribution in [-0.2, 0) is 11.2 Å². The number of phenols is 7. The molecule has 0 fully saturated rings. The lowest BCUT2D eigenvalue weighted by Gasteiger charge is -2.34. The molecule has 1 heterocycles. The van der Waals surface area contributed by atoms with Gasteiger partial charge in [-0.15, -0.1) is 0 Å². The van der Waals surface area contributed by atoms with Crippen LogP contribution in [0.3, 0.4) is 0 Å². The van der Waals surface area contributed by atoms with Crippen molar-refractivity contribution in [1.29, 1.82) is 0 Å². The Bertz CT molecular complexity index is 1240. The topological polar surface area (TPSA) is 186 Å². The first-order valence-corrected chi connectivity index (χ1v) is 9.86. The molecular weight excluding hydrogens is 452 g/mol. The van der Waals surface area contributed by atoms with Gasteiger partial charge in [0.2, 0.25) is 5.75 Å². The zero-order valence-corrected chi connectivity index (χ0v) is 17.6. The fourth-order valence-corrected chi connectivity index (χ4v) is 3.75. The molecule has 1 aliphatic heterocycles. The Morgan fingerprint density at radius 1 is 0.853 bits per heavy atom. The van der Waals surface area contributed by atoms with Gasteiger partial charge < -0.3 is 50.0 Å². The highest BCUT2D eigenvalue weighted by atomic mass is 16.6. The molecule has 0 radical (unpaired) electrons. The van der Waals surface area contributed by atoms with Crippen LogP contribution in [-0.4, -0.2) is 54.9 Å². The van der Waals surface area contributed by atoms with Gasteiger partial charge in [0.05, 0.1) is 12.7 Å². The maximum Gasteiger partial charge on any atom is 0.338 e.